The normalized spacial score (nSPS) is 20.6. The molecule has 14 heavy (non-hydrogen) atoms. The summed E-state index contributed by atoms with van der Waals surface area (Å²) in [5, 5.41) is 9.23. The topological polar surface area (TPSA) is 72.3 Å². The van der Waals surface area contributed by atoms with Gasteiger partial charge in [0.25, 0.3) is 0 Å². The van der Waals surface area contributed by atoms with Crippen LogP contribution in [-0.2, 0) is 14.9 Å². The summed E-state index contributed by atoms with van der Waals surface area (Å²) in [5.74, 6) is -0.419. The SMILES string of the molecule is O=C(O)C1(c2ncsn2)CCOCC1. The van der Waals surface area contributed by atoms with E-state index in [0.717, 1.165) is 0 Å². The first-order valence-electron chi connectivity index (χ1n) is 4.34. The fourth-order valence-corrected chi connectivity index (χ4v) is 2.15. The maximum atomic E-state index is 11.2. The molecule has 0 aromatic carbocycles. The minimum Gasteiger partial charge on any atom is -0.480 e. The quantitative estimate of drug-likeness (QED) is 0.783. The fraction of sp³-hybridized carbons (Fsp3) is 0.625. The van der Waals surface area contributed by atoms with Gasteiger partial charge in [-0.05, 0) is 24.4 Å². The Morgan fingerprint density at radius 1 is 1.57 bits per heavy atom. The molecule has 1 fully saturated rings. The molecule has 1 aromatic rings. The molecule has 1 aliphatic rings. The third-order valence-electron chi connectivity index (χ3n) is 2.55. The van der Waals surface area contributed by atoms with E-state index in [2.05, 4.69) is 9.36 Å². The average molecular weight is 214 g/mol. The van der Waals surface area contributed by atoms with E-state index in [-0.39, 0.29) is 0 Å². The molecule has 1 N–H and O–H groups in total. The highest BCUT2D eigenvalue weighted by molar-refractivity contribution is 7.03. The Bertz CT molecular complexity index is 319. The van der Waals surface area contributed by atoms with Crippen molar-refractivity contribution in [3.8, 4) is 0 Å². The molecule has 0 bridgehead atoms. The van der Waals surface area contributed by atoms with Gasteiger partial charge in [0.15, 0.2) is 5.82 Å². The van der Waals surface area contributed by atoms with Gasteiger partial charge in [-0.3, -0.25) is 4.79 Å². The first kappa shape index (κ1) is 9.54. The lowest BCUT2D eigenvalue weighted by molar-refractivity contribution is -0.148. The van der Waals surface area contributed by atoms with Crippen LogP contribution in [0.25, 0.3) is 0 Å². The smallest absolute Gasteiger partial charge is 0.317 e. The number of aliphatic carboxylic acids is 1. The van der Waals surface area contributed by atoms with Gasteiger partial charge in [-0.2, -0.15) is 4.37 Å². The van der Waals surface area contributed by atoms with E-state index in [0.29, 0.717) is 31.9 Å². The van der Waals surface area contributed by atoms with Crippen molar-refractivity contribution >= 4 is 17.5 Å². The summed E-state index contributed by atoms with van der Waals surface area (Å²) in [6.07, 6.45) is 0.915. The average Bonchev–Trinajstić information content (AvgIpc) is 2.72. The molecule has 0 atom stereocenters. The van der Waals surface area contributed by atoms with E-state index in [1.54, 1.807) is 5.51 Å². The third kappa shape index (κ3) is 1.40. The lowest BCUT2D eigenvalue weighted by Crippen LogP contribution is -2.42. The monoisotopic (exact) mass is 214 g/mol. The maximum absolute atomic E-state index is 11.2. The van der Waals surface area contributed by atoms with Crippen LogP contribution in [0, 0.1) is 0 Å². The number of hydrogen-bond acceptors (Lipinski definition) is 5. The summed E-state index contributed by atoms with van der Waals surface area (Å²) in [4.78, 5) is 15.2. The van der Waals surface area contributed by atoms with Gasteiger partial charge in [-0.1, -0.05) is 0 Å². The second-order valence-electron chi connectivity index (χ2n) is 3.25. The zero-order chi connectivity index (χ0) is 10.0. The zero-order valence-corrected chi connectivity index (χ0v) is 8.29. The van der Waals surface area contributed by atoms with Gasteiger partial charge < -0.3 is 9.84 Å². The molecule has 0 saturated carbocycles. The van der Waals surface area contributed by atoms with Gasteiger partial charge in [-0.25, -0.2) is 4.98 Å². The third-order valence-corrected chi connectivity index (χ3v) is 3.02. The standard InChI is InChI=1S/C8H10N2O3S/c11-7(12)8(1-3-13-4-2-8)6-9-5-14-10-6/h5H,1-4H2,(H,11,12). The van der Waals surface area contributed by atoms with Crippen LogP contribution >= 0.6 is 11.5 Å². The lowest BCUT2D eigenvalue weighted by Gasteiger charge is -2.30. The highest BCUT2D eigenvalue weighted by Crippen LogP contribution is 2.33. The first-order valence-corrected chi connectivity index (χ1v) is 5.17. The van der Waals surface area contributed by atoms with Crippen LogP contribution in [0.3, 0.4) is 0 Å². The predicted molar refractivity (Wildman–Crippen MR) is 49.3 cm³/mol. The summed E-state index contributed by atoms with van der Waals surface area (Å²) in [6, 6.07) is 0. The van der Waals surface area contributed by atoms with Crippen molar-refractivity contribution in [1.82, 2.24) is 9.36 Å². The molecular formula is C8H10N2O3S. The van der Waals surface area contributed by atoms with Gasteiger partial charge in [0.1, 0.15) is 10.9 Å². The summed E-state index contributed by atoms with van der Waals surface area (Å²) >= 11 is 1.18. The number of hydrogen-bond donors (Lipinski definition) is 1. The molecule has 0 radical (unpaired) electrons. The minimum absolute atomic E-state index is 0.429. The van der Waals surface area contributed by atoms with Crippen molar-refractivity contribution in [2.24, 2.45) is 0 Å². The molecular weight excluding hydrogens is 204 g/mol. The number of aromatic nitrogens is 2. The number of carboxylic acid groups (broad SMARTS) is 1. The largest absolute Gasteiger partial charge is 0.480 e. The van der Waals surface area contributed by atoms with Crippen molar-refractivity contribution in [3.05, 3.63) is 11.3 Å². The molecule has 1 aliphatic heterocycles. The van der Waals surface area contributed by atoms with Gasteiger partial charge in [-0.15, -0.1) is 0 Å². The minimum atomic E-state index is -0.918. The van der Waals surface area contributed by atoms with E-state index in [1.807, 2.05) is 0 Å². The van der Waals surface area contributed by atoms with Gasteiger partial charge in [0.2, 0.25) is 0 Å². The molecule has 0 amide bonds. The lowest BCUT2D eigenvalue weighted by atomic mass is 9.79. The van der Waals surface area contributed by atoms with Gasteiger partial charge >= 0.3 is 5.97 Å². The second kappa shape index (κ2) is 3.62. The molecule has 76 valence electrons. The van der Waals surface area contributed by atoms with Gasteiger partial charge in [0.05, 0.1) is 0 Å². The number of rotatable bonds is 2. The molecule has 1 aromatic heterocycles. The number of carbonyl (C=O) groups is 1. The molecule has 5 nitrogen and oxygen atoms in total. The Hall–Kier alpha value is -1.01. The highest BCUT2D eigenvalue weighted by atomic mass is 32.1. The number of carboxylic acids is 1. The van der Waals surface area contributed by atoms with Crippen molar-refractivity contribution in [1.29, 1.82) is 0 Å². The zero-order valence-electron chi connectivity index (χ0n) is 7.47. The maximum Gasteiger partial charge on any atom is 0.317 e. The number of ether oxygens (including phenoxy) is 1. The van der Waals surface area contributed by atoms with Crippen molar-refractivity contribution in [2.45, 2.75) is 18.3 Å². The molecule has 1 saturated heterocycles. The molecule has 6 heteroatoms. The van der Waals surface area contributed by atoms with Crippen molar-refractivity contribution in [2.75, 3.05) is 13.2 Å². The van der Waals surface area contributed by atoms with Gasteiger partial charge in [0, 0.05) is 13.2 Å². The Labute approximate surface area is 84.9 Å². The highest BCUT2D eigenvalue weighted by Gasteiger charge is 2.44. The molecule has 2 heterocycles. The summed E-state index contributed by atoms with van der Waals surface area (Å²) in [5.41, 5.74) is 0.647. The van der Waals surface area contributed by atoms with E-state index in [9.17, 15) is 9.90 Å². The Kier molecular flexibility index (Phi) is 2.47. The Morgan fingerprint density at radius 2 is 2.29 bits per heavy atom. The molecule has 0 spiro atoms. The van der Waals surface area contributed by atoms with E-state index < -0.39 is 11.4 Å². The Morgan fingerprint density at radius 3 is 2.79 bits per heavy atom. The second-order valence-corrected chi connectivity index (χ2v) is 3.86. The van der Waals surface area contributed by atoms with Crippen molar-refractivity contribution in [3.63, 3.8) is 0 Å². The molecule has 2 rings (SSSR count). The summed E-state index contributed by atoms with van der Waals surface area (Å²) < 4.78 is 9.18. The van der Waals surface area contributed by atoms with Crippen LogP contribution in [0.4, 0.5) is 0 Å². The number of nitrogens with zero attached hydrogens (tertiary/aromatic N) is 2. The van der Waals surface area contributed by atoms with E-state index >= 15 is 0 Å². The Balaban J connectivity index is 2.35. The first-order chi connectivity index (χ1) is 6.76. The van der Waals surface area contributed by atoms with Crippen molar-refractivity contribution < 1.29 is 14.6 Å². The molecule has 0 aliphatic carbocycles. The van der Waals surface area contributed by atoms with E-state index in [1.165, 1.54) is 11.5 Å². The molecule has 0 unspecified atom stereocenters. The summed E-state index contributed by atoms with van der Waals surface area (Å²) in [7, 11) is 0. The summed E-state index contributed by atoms with van der Waals surface area (Å²) in [6.45, 7) is 0.928. The van der Waals surface area contributed by atoms with Crippen LogP contribution in [0.2, 0.25) is 0 Å². The fourth-order valence-electron chi connectivity index (χ4n) is 1.63. The van der Waals surface area contributed by atoms with Crippen LogP contribution in [0.1, 0.15) is 18.7 Å². The van der Waals surface area contributed by atoms with Crippen LogP contribution < -0.4 is 0 Å². The van der Waals surface area contributed by atoms with Crippen LogP contribution in [0.15, 0.2) is 5.51 Å². The van der Waals surface area contributed by atoms with Crippen LogP contribution in [-0.4, -0.2) is 33.6 Å². The van der Waals surface area contributed by atoms with E-state index in [4.69, 9.17) is 4.74 Å². The van der Waals surface area contributed by atoms with Crippen LogP contribution in [0.5, 0.6) is 0 Å². The predicted octanol–water partition coefficient (Wildman–Crippen LogP) is 0.671.